The van der Waals surface area contributed by atoms with Crippen LogP contribution in [0.2, 0.25) is 0 Å². The first-order valence-electron chi connectivity index (χ1n) is 12.6. The lowest BCUT2D eigenvalue weighted by molar-refractivity contribution is 0.210. The molecule has 0 unspecified atom stereocenters. The third kappa shape index (κ3) is 5.36. The maximum Gasteiger partial charge on any atom is 0.264 e. The molecule has 4 aromatic rings. The zero-order valence-electron chi connectivity index (χ0n) is 22.2. The van der Waals surface area contributed by atoms with Crippen LogP contribution in [0, 0.1) is 13.8 Å². The number of benzene rings is 3. The fourth-order valence-corrected chi connectivity index (χ4v) is 5.60. The second-order valence-electron chi connectivity index (χ2n) is 10.7. The van der Waals surface area contributed by atoms with Crippen molar-refractivity contribution in [1.29, 1.82) is 0 Å². The van der Waals surface area contributed by atoms with Crippen molar-refractivity contribution in [2.45, 2.75) is 51.0 Å². The van der Waals surface area contributed by atoms with Gasteiger partial charge in [-0.1, -0.05) is 69.3 Å². The van der Waals surface area contributed by atoms with Gasteiger partial charge >= 0.3 is 0 Å². The van der Waals surface area contributed by atoms with Gasteiger partial charge in [0.05, 0.1) is 17.1 Å². The molecule has 0 aliphatic carbocycles. The predicted octanol–water partition coefficient (Wildman–Crippen LogP) is 6.40. The van der Waals surface area contributed by atoms with Gasteiger partial charge in [0.15, 0.2) is 0 Å². The zero-order valence-corrected chi connectivity index (χ0v) is 23.1. The average molecular weight is 529 g/mol. The smallest absolute Gasteiger partial charge is 0.264 e. The first-order valence-corrected chi connectivity index (χ1v) is 14.1. The Balaban J connectivity index is 1.65. The highest BCUT2D eigenvalue weighted by molar-refractivity contribution is 7.92. The van der Waals surface area contributed by atoms with E-state index in [9.17, 15) is 8.42 Å². The molecule has 1 atom stereocenters. The number of hydrogen-bond acceptors (Lipinski definition) is 6. The second-order valence-corrected chi connectivity index (χ2v) is 12.4. The molecule has 4 bridgehead atoms. The zero-order chi connectivity index (χ0) is 27.1. The van der Waals surface area contributed by atoms with Crippen LogP contribution in [0.1, 0.15) is 49.1 Å². The summed E-state index contributed by atoms with van der Waals surface area (Å²) in [5.74, 6) is 0.243. The van der Waals surface area contributed by atoms with Gasteiger partial charge < -0.3 is 10.1 Å². The number of aryl methyl sites for hydroxylation is 2. The summed E-state index contributed by atoms with van der Waals surface area (Å²) in [6.07, 6.45) is -0.391. The number of aromatic nitrogens is 2. The van der Waals surface area contributed by atoms with Crippen LogP contribution in [-0.4, -0.2) is 24.9 Å². The Morgan fingerprint density at radius 3 is 2.26 bits per heavy atom. The van der Waals surface area contributed by atoms with Gasteiger partial charge in [-0.05, 0) is 59.7 Å². The van der Waals surface area contributed by atoms with Crippen LogP contribution in [0.5, 0.6) is 5.88 Å². The Morgan fingerprint density at radius 2 is 1.58 bits per heavy atom. The predicted molar refractivity (Wildman–Crippen MR) is 151 cm³/mol. The molecule has 196 valence electrons. The first-order chi connectivity index (χ1) is 18.0. The van der Waals surface area contributed by atoms with Crippen molar-refractivity contribution in [1.82, 2.24) is 9.97 Å². The molecule has 2 heterocycles. The van der Waals surface area contributed by atoms with Crippen molar-refractivity contribution >= 4 is 21.7 Å². The summed E-state index contributed by atoms with van der Waals surface area (Å²) < 4.78 is 35.4. The van der Waals surface area contributed by atoms with E-state index in [1.54, 1.807) is 24.3 Å². The normalized spacial score (nSPS) is 16.7. The van der Waals surface area contributed by atoms with Crippen molar-refractivity contribution in [3.8, 4) is 17.1 Å². The number of hydrogen-bond donors (Lipinski definition) is 2. The van der Waals surface area contributed by atoms with E-state index in [-0.39, 0.29) is 22.1 Å². The number of nitrogens with one attached hydrogen (secondary N) is 2. The number of rotatable bonds is 2. The van der Waals surface area contributed by atoms with E-state index in [0.717, 1.165) is 22.3 Å². The van der Waals surface area contributed by atoms with E-state index >= 15 is 0 Å². The molecular formula is C30H32N4O3S. The largest absolute Gasteiger partial charge is 0.467 e. The molecule has 7 nitrogen and oxygen atoms in total. The molecule has 0 spiro atoms. The quantitative estimate of drug-likeness (QED) is 0.313. The van der Waals surface area contributed by atoms with Crippen molar-refractivity contribution in [2.24, 2.45) is 0 Å². The van der Waals surface area contributed by atoms with Crippen LogP contribution in [0.4, 0.5) is 11.6 Å². The molecule has 0 saturated heterocycles. The Morgan fingerprint density at radius 1 is 0.895 bits per heavy atom. The van der Waals surface area contributed by atoms with E-state index < -0.39 is 16.1 Å². The molecule has 0 radical (unpaired) electrons. The van der Waals surface area contributed by atoms with E-state index in [1.807, 2.05) is 38.1 Å². The van der Waals surface area contributed by atoms with E-state index in [1.165, 1.54) is 5.56 Å². The molecule has 38 heavy (non-hydrogen) atoms. The second kappa shape index (κ2) is 9.76. The van der Waals surface area contributed by atoms with Crippen molar-refractivity contribution < 1.29 is 13.2 Å². The lowest BCUT2D eigenvalue weighted by Crippen LogP contribution is -2.22. The third-order valence-electron chi connectivity index (χ3n) is 6.71. The summed E-state index contributed by atoms with van der Waals surface area (Å²) in [5.41, 5.74) is 6.46. The molecule has 0 amide bonds. The monoisotopic (exact) mass is 528 g/mol. The van der Waals surface area contributed by atoms with Crippen LogP contribution in [-0.2, 0) is 15.4 Å². The Kier molecular flexibility index (Phi) is 6.61. The highest BCUT2D eigenvalue weighted by atomic mass is 32.2. The van der Waals surface area contributed by atoms with E-state index in [2.05, 4.69) is 65.0 Å². The Bertz CT molecular complexity index is 1570. The van der Waals surface area contributed by atoms with Crippen molar-refractivity contribution in [2.75, 3.05) is 16.6 Å². The van der Waals surface area contributed by atoms with Gasteiger partial charge in [-0.15, -0.1) is 0 Å². The molecule has 8 heteroatoms. The van der Waals surface area contributed by atoms with Gasteiger partial charge in [0.2, 0.25) is 11.8 Å². The number of sulfonamides is 1. The maximum atomic E-state index is 13.2. The molecule has 2 N–H and O–H groups in total. The van der Waals surface area contributed by atoms with Gasteiger partial charge in [-0.25, -0.2) is 18.1 Å². The maximum absolute atomic E-state index is 13.2. The summed E-state index contributed by atoms with van der Waals surface area (Å²) in [5, 5.41) is 3.35. The minimum absolute atomic E-state index is 0.0313. The summed E-state index contributed by atoms with van der Waals surface area (Å²) in [6.45, 7) is 11.0. The molecule has 1 aliphatic rings. The highest BCUT2D eigenvalue weighted by Crippen LogP contribution is 2.32. The minimum Gasteiger partial charge on any atom is -0.467 e. The Hall–Kier alpha value is -3.91. The fraction of sp³-hybridized carbons (Fsp3) is 0.267. The van der Waals surface area contributed by atoms with Crippen LogP contribution in [0.3, 0.4) is 0 Å². The summed E-state index contributed by atoms with van der Waals surface area (Å²) in [4.78, 5) is 9.19. The number of fused-ring (bicyclic) bond motifs is 4. The summed E-state index contributed by atoms with van der Waals surface area (Å²) in [7, 11) is -3.92. The highest BCUT2D eigenvalue weighted by Gasteiger charge is 2.23. The van der Waals surface area contributed by atoms with Crippen LogP contribution in [0.15, 0.2) is 77.7 Å². The lowest BCUT2D eigenvalue weighted by Gasteiger charge is -2.24. The lowest BCUT2D eigenvalue weighted by atomic mass is 9.86. The van der Waals surface area contributed by atoms with Crippen molar-refractivity contribution in [3.05, 3.63) is 95.1 Å². The number of ether oxygens (including phenoxy) is 1. The van der Waals surface area contributed by atoms with E-state index in [4.69, 9.17) is 4.74 Å². The molecule has 5 rings (SSSR count). The van der Waals surface area contributed by atoms with Gasteiger partial charge in [0, 0.05) is 17.3 Å². The van der Waals surface area contributed by atoms with Crippen molar-refractivity contribution in [3.63, 3.8) is 0 Å². The van der Waals surface area contributed by atoms with Crippen LogP contribution >= 0.6 is 0 Å². The average Bonchev–Trinajstić information content (AvgIpc) is 2.85. The van der Waals surface area contributed by atoms with Crippen LogP contribution < -0.4 is 14.8 Å². The SMILES string of the molecule is Cc1cccc(C)c1-c1cc2nc(n1)NS(=O)(=O)c1cccc(c1)NC[C@@H](c1ccc(C(C)(C)C)cc1)O2. The number of nitrogens with zero attached hydrogens (tertiary/aromatic N) is 2. The molecule has 1 aliphatic heterocycles. The van der Waals surface area contributed by atoms with Gasteiger partial charge in [-0.3, -0.25) is 0 Å². The molecule has 0 fully saturated rings. The summed E-state index contributed by atoms with van der Waals surface area (Å²) in [6, 6.07) is 22.8. The number of anilines is 2. The van der Waals surface area contributed by atoms with Gasteiger partial charge in [0.1, 0.15) is 6.10 Å². The van der Waals surface area contributed by atoms with E-state index in [0.29, 0.717) is 17.9 Å². The molecule has 1 aromatic heterocycles. The fourth-order valence-electron chi connectivity index (χ4n) is 4.61. The molecule has 0 saturated carbocycles. The van der Waals surface area contributed by atoms with Gasteiger partial charge in [-0.2, -0.15) is 4.98 Å². The topological polar surface area (TPSA) is 93.2 Å². The minimum atomic E-state index is -3.92. The molecular weight excluding hydrogens is 496 g/mol. The summed E-state index contributed by atoms with van der Waals surface area (Å²) >= 11 is 0. The third-order valence-corrected chi connectivity index (χ3v) is 8.04. The first kappa shape index (κ1) is 25.7. The Labute approximate surface area is 224 Å². The van der Waals surface area contributed by atoms with Crippen LogP contribution in [0.25, 0.3) is 11.3 Å². The van der Waals surface area contributed by atoms with Gasteiger partial charge in [0.25, 0.3) is 10.0 Å². The molecule has 3 aromatic carbocycles. The standard InChI is InChI=1S/C30H32N4O3S/c1-19-8-6-9-20(2)28(19)25-17-27-33-29(32-25)34-38(35,36)24-11-7-10-23(16-24)31-18-26(37-27)21-12-14-22(15-13-21)30(3,4)5/h6-17,26,31H,18H2,1-5H3,(H,32,33,34)/t26-/m0/s1.